The molecule has 0 radical (unpaired) electrons. The van der Waals surface area contributed by atoms with Gasteiger partial charge in [-0.1, -0.05) is 18.2 Å². The zero-order valence-corrected chi connectivity index (χ0v) is 16.4. The molecular weight excluding hydrogens is 383 g/mol. The van der Waals surface area contributed by atoms with Crippen molar-refractivity contribution in [1.82, 2.24) is 9.88 Å². The van der Waals surface area contributed by atoms with Gasteiger partial charge >= 0.3 is 0 Å². The normalized spacial score (nSPS) is 21.8. The minimum absolute atomic E-state index is 0.0129. The first-order valence-electron chi connectivity index (χ1n) is 9.31. The molecule has 28 heavy (non-hydrogen) atoms. The smallest absolute Gasteiger partial charge is 0.250 e. The maximum absolute atomic E-state index is 15.2. The summed E-state index contributed by atoms with van der Waals surface area (Å²) < 4.78 is 15.2. The number of hydrogen-bond acceptors (Lipinski definition) is 3. The van der Waals surface area contributed by atoms with Crippen molar-refractivity contribution >= 4 is 40.0 Å². The quantitative estimate of drug-likeness (QED) is 0.771. The number of carbonyl (C=O) groups is 2. The predicted molar refractivity (Wildman–Crippen MR) is 107 cm³/mol. The number of carbonyl (C=O) groups excluding carboxylic acids is 2. The summed E-state index contributed by atoms with van der Waals surface area (Å²) >= 11 is 6.50. The molecule has 2 atom stereocenters. The van der Waals surface area contributed by atoms with Crippen LogP contribution in [-0.2, 0) is 4.79 Å². The highest BCUT2D eigenvalue weighted by Crippen LogP contribution is 2.43. The van der Waals surface area contributed by atoms with Crippen molar-refractivity contribution in [3.63, 3.8) is 0 Å². The van der Waals surface area contributed by atoms with E-state index in [0.29, 0.717) is 52.9 Å². The van der Waals surface area contributed by atoms with Crippen LogP contribution in [0.4, 0.5) is 10.1 Å². The van der Waals surface area contributed by atoms with Crippen molar-refractivity contribution in [2.24, 2.45) is 11.7 Å². The number of piperidine rings is 1. The molecule has 0 aliphatic carbocycles. The minimum Gasteiger partial charge on any atom is -0.366 e. The number of H-pyrrole nitrogens is 1. The molecule has 2 aromatic rings. The van der Waals surface area contributed by atoms with E-state index in [-0.39, 0.29) is 17.5 Å². The zero-order chi connectivity index (χ0) is 20.2. The van der Waals surface area contributed by atoms with Crippen molar-refractivity contribution in [2.45, 2.75) is 25.8 Å². The highest BCUT2D eigenvalue weighted by atomic mass is 35.5. The number of nitrogens with zero attached hydrogens (tertiary/aromatic N) is 2. The number of primary amides is 1. The number of halogens is 2. The molecule has 2 amide bonds. The molecule has 2 saturated heterocycles. The van der Waals surface area contributed by atoms with Crippen LogP contribution in [0.3, 0.4) is 0 Å². The van der Waals surface area contributed by atoms with E-state index >= 15 is 4.39 Å². The first-order valence-corrected chi connectivity index (χ1v) is 9.69. The number of nitrogens with two attached hydrogens (primary N) is 1. The fourth-order valence-electron chi connectivity index (χ4n) is 4.64. The molecule has 2 fully saturated rings. The topological polar surface area (TPSA) is 82.4 Å². The Hall–Kier alpha value is -2.54. The lowest BCUT2D eigenvalue weighted by molar-refractivity contribution is -0.127. The summed E-state index contributed by atoms with van der Waals surface area (Å²) in [5.41, 5.74) is 6.99. The average molecular weight is 405 g/mol. The molecule has 2 aliphatic rings. The number of likely N-dealkylation sites (tertiary alicyclic amines) is 1. The van der Waals surface area contributed by atoms with Gasteiger partial charge in [0, 0.05) is 36.8 Å². The number of aryl methyl sites for hydroxylation is 1. The SMILES string of the molecule is C=CC(=O)N1CC[C@@H]2CCN(c3c(F)cc(C(N)=O)c4[nH]c(C)c(Cl)c34)[C@@H]2C1. The largest absolute Gasteiger partial charge is 0.366 e. The number of anilines is 1. The van der Waals surface area contributed by atoms with Crippen LogP contribution in [0.15, 0.2) is 18.7 Å². The standard InChI is InChI=1S/C20H22ClFN4O2/c1-3-15(27)25-6-4-11-5-7-26(14(11)9-25)19-13(22)8-12(20(23)28)18-16(19)17(21)10(2)24-18/h3,8,11,14,24H,1,4-7,9H2,2H3,(H2,23,28)/t11-,14-/m1/s1. The van der Waals surface area contributed by atoms with Gasteiger partial charge in [-0.3, -0.25) is 9.59 Å². The molecule has 0 bridgehead atoms. The van der Waals surface area contributed by atoms with Gasteiger partial charge in [0.1, 0.15) is 5.82 Å². The third-order valence-electron chi connectivity index (χ3n) is 6.02. The van der Waals surface area contributed by atoms with Crippen LogP contribution in [0.2, 0.25) is 5.02 Å². The van der Waals surface area contributed by atoms with Crippen LogP contribution in [0.25, 0.3) is 10.9 Å². The summed E-state index contributed by atoms with van der Waals surface area (Å²) in [4.78, 5) is 30.7. The zero-order valence-electron chi connectivity index (χ0n) is 15.6. The molecule has 1 aromatic heterocycles. The van der Waals surface area contributed by atoms with Gasteiger partial charge in [0.2, 0.25) is 5.91 Å². The van der Waals surface area contributed by atoms with E-state index in [1.165, 1.54) is 12.1 Å². The number of amides is 2. The molecule has 8 heteroatoms. The second-order valence-electron chi connectivity index (χ2n) is 7.52. The van der Waals surface area contributed by atoms with Gasteiger partial charge in [0.15, 0.2) is 0 Å². The molecule has 0 saturated carbocycles. The van der Waals surface area contributed by atoms with Crippen molar-refractivity contribution < 1.29 is 14.0 Å². The number of hydrogen-bond donors (Lipinski definition) is 2. The van der Waals surface area contributed by atoms with Crippen LogP contribution in [0.1, 0.15) is 28.9 Å². The second-order valence-corrected chi connectivity index (χ2v) is 7.90. The van der Waals surface area contributed by atoms with Gasteiger partial charge in [0.05, 0.1) is 21.8 Å². The Morgan fingerprint density at radius 2 is 2.11 bits per heavy atom. The Balaban J connectivity index is 1.84. The molecule has 3 N–H and O–H groups in total. The number of rotatable bonds is 3. The number of aromatic amines is 1. The highest BCUT2D eigenvalue weighted by molar-refractivity contribution is 6.38. The third kappa shape index (κ3) is 2.76. The van der Waals surface area contributed by atoms with E-state index in [4.69, 9.17) is 17.3 Å². The second kappa shape index (κ2) is 6.81. The molecule has 1 aromatic carbocycles. The van der Waals surface area contributed by atoms with Crippen LogP contribution in [0, 0.1) is 18.7 Å². The molecule has 3 heterocycles. The number of benzene rings is 1. The fraction of sp³-hybridized carbons (Fsp3) is 0.400. The maximum Gasteiger partial charge on any atom is 0.250 e. The van der Waals surface area contributed by atoms with Gasteiger partial charge in [0.25, 0.3) is 5.91 Å². The molecule has 4 rings (SSSR count). The van der Waals surface area contributed by atoms with E-state index in [1.807, 2.05) is 4.90 Å². The van der Waals surface area contributed by atoms with Gasteiger partial charge in [-0.25, -0.2) is 4.39 Å². The summed E-state index contributed by atoms with van der Waals surface area (Å²) in [6.45, 7) is 7.19. The Bertz CT molecular complexity index is 1000. The van der Waals surface area contributed by atoms with E-state index in [1.54, 1.807) is 11.8 Å². The van der Waals surface area contributed by atoms with Crippen LogP contribution >= 0.6 is 11.6 Å². The Labute approximate surface area is 167 Å². The minimum atomic E-state index is -0.715. The molecule has 0 spiro atoms. The summed E-state index contributed by atoms with van der Waals surface area (Å²) in [6.07, 6.45) is 3.09. The number of aromatic nitrogens is 1. The lowest BCUT2D eigenvalue weighted by Gasteiger charge is -2.39. The number of nitrogens with one attached hydrogen (secondary N) is 1. The van der Waals surface area contributed by atoms with Crippen molar-refractivity contribution in [2.75, 3.05) is 24.5 Å². The predicted octanol–water partition coefficient (Wildman–Crippen LogP) is 2.98. The Morgan fingerprint density at radius 3 is 2.79 bits per heavy atom. The summed E-state index contributed by atoms with van der Waals surface area (Å²) in [6, 6.07) is 1.16. The molecule has 2 aliphatic heterocycles. The average Bonchev–Trinajstić information content (AvgIpc) is 3.22. The maximum atomic E-state index is 15.2. The van der Waals surface area contributed by atoms with E-state index in [9.17, 15) is 9.59 Å². The number of fused-ring (bicyclic) bond motifs is 2. The van der Waals surface area contributed by atoms with Crippen molar-refractivity contribution in [3.05, 3.63) is 40.8 Å². The highest BCUT2D eigenvalue weighted by Gasteiger charge is 2.41. The monoisotopic (exact) mass is 404 g/mol. The van der Waals surface area contributed by atoms with E-state index < -0.39 is 11.7 Å². The van der Waals surface area contributed by atoms with Gasteiger partial charge < -0.3 is 20.5 Å². The molecular formula is C20H22ClFN4O2. The van der Waals surface area contributed by atoms with Gasteiger partial charge in [-0.05, 0) is 37.8 Å². The summed E-state index contributed by atoms with van der Waals surface area (Å²) in [5.74, 6) is -0.989. The third-order valence-corrected chi connectivity index (χ3v) is 6.49. The van der Waals surface area contributed by atoms with Gasteiger partial charge in [-0.2, -0.15) is 0 Å². The molecule has 6 nitrogen and oxygen atoms in total. The molecule has 0 unspecified atom stereocenters. The van der Waals surface area contributed by atoms with Crippen molar-refractivity contribution in [3.8, 4) is 0 Å². The summed E-state index contributed by atoms with van der Waals surface area (Å²) in [5, 5.41) is 0.853. The first kappa shape index (κ1) is 18.8. The fourth-order valence-corrected chi connectivity index (χ4v) is 4.87. The first-order chi connectivity index (χ1) is 13.3. The van der Waals surface area contributed by atoms with Crippen LogP contribution in [-0.4, -0.2) is 47.4 Å². The van der Waals surface area contributed by atoms with E-state index in [0.717, 1.165) is 12.8 Å². The van der Waals surface area contributed by atoms with Gasteiger partial charge in [-0.15, -0.1) is 0 Å². The lowest BCUT2D eigenvalue weighted by Crippen LogP contribution is -2.50. The van der Waals surface area contributed by atoms with E-state index in [2.05, 4.69) is 11.6 Å². The molecule has 148 valence electrons. The summed E-state index contributed by atoms with van der Waals surface area (Å²) in [7, 11) is 0. The Morgan fingerprint density at radius 1 is 1.39 bits per heavy atom. The van der Waals surface area contributed by atoms with Crippen LogP contribution in [0.5, 0.6) is 0 Å². The Kier molecular flexibility index (Phi) is 4.57. The van der Waals surface area contributed by atoms with Crippen LogP contribution < -0.4 is 10.6 Å². The lowest BCUT2D eigenvalue weighted by atomic mass is 9.91. The van der Waals surface area contributed by atoms with Crippen molar-refractivity contribution in [1.29, 1.82) is 0 Å².